The van der Waals surface area contributed by atoms with Crippen molar-refractivity contribution in [3.8, 4) is 0 Å². The standard InChI is InChI=1S/C19H31N5O3S/c1-3-20-19(23-15-8-7-9-16(14-15)28(27)4-2)22-13-12-21-17-10-5-6-11-18(17)24(25)26/h5-6,10-11,15-16,21H,3-4,7-9,12-14H2,1-2H3,(H2,20,22,23). The van der Waals surface area contributed by atoms with E-state index in [4.69, 9.17) is 0 Å². The fourth-order valence-electron chi connectivity index (χ4n) is 3.40. The molecule has 1 aliphatic rings. The van der Waals surface area contributed by atoms with Crippen LogP contribution in [-0.4, -0.2) is 51.8 Å². The SMILES string of the molecule is CCNC(=NCCNc1ccccc1[N+](=O)[O-])NC1CCCC(S(=O)CC)C1. The monoisotopic (exact) mass is 409 g/mol. The number of nitro groups is 1. The molecule has 0 heterocycles. The Morgan fingerprint density at radius 3 is 2.82 bits per heavy atom. The van der Waals surface area contributed by atoms with E-state index in [9.17, 15) is 14.3 Å². The van der Waals surface area contributed by atoms with Crippen LogP contribution in [0.25, 0.3) is 0 Å². The number of benzene rings is 1. The van der Waals surface area contributed by atoms with Crippen LogP contribution >= 0.6 is 0 Å². The second-order valence-electron chi connectivity index (χ2n) is 6.76. The number of nitrogens with one attached hydrogen (secondary N) is 3. The van der Waals surface area contributed by atoms with Gasteiger partial charge in [0.25, 0.3) is 5.69 Å². The first-order chi connectivity index (χ1) is 13.5. The van der Waals surface area contributed by atoms with Crippen molar-refractivity contribution in [1.82, 2.24) is 10.6 Å². The van der Waals surface area contributed by atoms with E-state index < -0.39 is 15.7 Å². The van der Waals surface area contributed by atoms with Gasteiger partial charge in [-0.15, -0.1) is 0 Å². The minimum absolute atomic E-state index is 0.0636. The van der Waals surface area contributed by atoms with Crippen molar-refractivity contribution in [2.45, 2.75) is 50.8 Å². The van der Waals surface area contributed by atoms with Gasteiger partial charge in [-0.05, 0) is 32.3 Å². The van der Waals surface area contributed by atoms with Crippen molar-refractivity contribution < 1.29 is 9.13 Å². The van der Waals surface area contributed by atoms with Crippen LogP contribution in [0.15, 0.2) is 29.3 Å². The molecule has 1 aromatic rings. The lowest BCUT2D eigenvalue weighted by atomic mass is 9.95. The largest absolute Gasteiger partial charge is 0.378 e. The Kier molecular flexibility index (Phi) is 9.19. The van der Waals surface area contributed by atoms with Crippen molar-refractivity contribution in [3.05, 3.63) is 34.4 Å². The van der Waals surface area contributed by atoms with Gasteiger partial charge >= 0.3 is 0 Å². The summed E-state index contributed by atoms with van der Waals surface area (Å²) in [5.41, 5.74) is 0.562. The Labute approximate surface area is 169 Å². The molecule has 0 radical (unpaired) electrons. The highest BCUT2D eigenvalue weighted by Crippen LogP contribution is 2.23. The number of guanidine groups is 1. The molecule has 0 amide bonds. The zero-order chi connectivity index (χ0) is 20.4. The van der Waals surface area contributed by atoms with Crippen LogP contribution in [-0.2, 0) is 10.8 Å². The van der Waals surface area contributed by atoms with Crippen molar-refractivity contribution in [3.63, 3.8) is 0 Å². The summed E-state index contributed by atoms with van der Waals surface area (Å²) in [4.78, 5) is 15.2. The normalized spacial score (nSPS) is 21.0. The van der Waals surface area contributed by atoms with Gasteiger partial charge in [0.05, 0.1) is 11.5 Å². The smallest absolute Gasteiger partial charge is 0.292 e. The molecular weight excluding hydrogens is 378 g/mol. The fraction of sp³-hybridized carbons (Fsp3) is 0.632. The molecule has 3 N–H and O–H groups in total. The molecule has 1 aliphatic carbocycles. The molecule has 9 heteroatoms. The van der Waals surface area contributed by atoms with Crippen molar-refractivity contribution in [1.29, 1.82) is 0 Å². The van der Waals surface area contributed by atoms with Crippen LogP contribution in [0.5, 0.6) is 0 Å². The van der Waals surface area contributed by atoms with Gasteiger partial charge in [-0.3, -0.25) is 19.3 Å². The van der Waals surface area contributed by atoms with Crippen molar-refractivity contribution in [2.75, 3.05) is 30.7 Å². The Morgan fingerprint density at radius 1 is 1.32 bits per heavy atom. The Balaban J connectivity index is 1.88. The van der Waals surface area contributed by atoms with Gasteiger partial charge in [-0.25, -0.2) is 0 Å². The second-order valence-corrected chi connectivity index (χ2v) is 8.77. The Morgan fingerprint density at radius 2 is 2.11 bits per heavy atom. The van der Waals surface area contributed by atoms with Crippen LogP contribution in [0.2, 0.25) is 0 Å². The third kappa shape index (κ3) is 6.78. The topological polar surface area (TPSA) is 109 Å². The minimum Gasteiger partial charge on any atom is -0.378 e. The molecule has 2 rings (SSSR count). The first-order valence-corrected chi connectivity index (χ1v) is 11.3. The number of anilines is 1. The summed E-state index contributed by atoms with van der Waals surface area (Å²) in [6.45, 7) is 5.72. The van der Waals surface area contributed by atoms with Gasteiger partial charge in [0.1, 0.15) is 5.69 Å². The maximum absolute atomic E-state index is 12.1. The molecule has 1 fully saturated rings. The number of para-hydroxylation sites is 2. The average Bonchev–Trinajstić information content (AvgIpc) is 2.71. The first kappa shape index (κ1) is 22.1. The number of hydrogen-bond donors (Lipinski definition) is 3. The van der Waals surface area contributed by atoms with E-state index in [1.54, 1.807) is 18.2 Å². The van der Waals surface area contributed by atoms with Crippen LogP contribution in [0.3, 0.4) is 0 Å². The molecule has 0 spiro atoms. The molecule has 28 heavy (non-hydrogen) atoms. The zero-order valence-electron chi connectivity index (χ0n) is 16.6. The second kappa shape index (κ2) is 11.6. The highest BCUT2D eigenvalue weighted by Gasteiger charge is 2.26. The van der Waals surface area contributed by atoms with E-state index in [0.717, 1.165) is 38.2 Å². The lowest BCUT2D eigenvalue weighted by Crippen LogP contribution is -2.46. The molecule has 0 aromatic heterocycles. The number of aliphatic imine (C=N–C) groups is 1. The van der Waals surface area contributed by atoms with Gasteiger partial charge in [-0.1, -0.05) is 25.5 Å². The molecule has 0 bridgehead atoms. The third-order valence-corrected chi connectivity index (χ3v) is 6.51. The minimum atomic E-state index is -0.752. The molecule has 156 valence electrons. The zero-order valence-corrected chi connectivity index (χ0v) is 17.5. The Bertz CT molecular complexity index is 698. The lowest BCUT2D eigenvalue weighted by molar-refractivity contribution is -0.384. The van der Waals surface area contributed by atoms with Gasteiger partial charge in [-0.2, -0.15) is 0 Å². The first-order valence-electron chi connectivity index (χ1n) is 9.94. The van der Waals surface area contributed by atoms with Crippen LogP contribution in [0, 0.1) is 10.1 Å². The highest BCUT2D eigenvalue weighted by molar-refractivity contribution is 7.85. The van der Waals surface area contributed by atoms with E-state index in [1.165, 1.54) is 6.07 Å². The summed E-state index contributed by atoms with van der Waals surface area (Å²) in [5, 5.41) is 21.1. The number of nitro benzene ring substituents is 1. The average molecular weight is 410 g/mol. The summed E-state index contributed by atoms with van der Waals surface area (Å²) in [6.07, 6.45) is 4.06. The molecular formula is C19H31N5O3S. The van der Waals surface area contributed by atoms with Gasteiger partial charge in [0, 0.05) is 47.0 Å². The summed E-state index contributed by atoms with van der Waals surface area (Å²) < 4.78 is 12.1. The predicted molar refractivity (Wildman–Crippen MR) is 115 cm³/mol. The quantitative estimate of drug-likeness (QED) is 0.190. The maximum atomic E-state index is 12.1. The predicted octanol–water partition coefficient (Wildman–Crippen LogP) is 2.64. The van der Waals surface area contributed by atoms with Crippen molar-refractivity contribution in [2.24, 2.45) is 4.99 Å². The molecule has 1 aromatic carbocycles. The molecule has 0 aliphatic heterocycles. The van der Waals surface area contributed by atoms with Gasteiger partial charge < -0.3 is 16.0 Å². The summed E-state index contributed by atoms with van der Waals surface area (Å²) >= 11 is 0. The number of hydrogen-bond acceptors (Lipinski definition) is 5. The van der Waals surface area contributed by atoms with E-state index in [2.05, 4.69) is 20.9 Å². The third-order valence-electron chi connectivity index (χ3n) is 4.77. The molecule has 3 atom stereocenters. The molecule has 0 saturated heterocycles. The molecule has 8 nitrogen and oxygen atoms in total. The molecule has 3 unspecified atom stereocenters. The van der Waals surface area contributed by atoms with Crippen molar-refractivity contribution >= 4 is 28.1 Å². The number of rotatable bonds is 9. The van der Waals surface area contributed by atoms with E-state index in [0.29, 0.717) is 24.5 Å². The Hall–Kier alpha value is -2.16. The van der Waals surface area contributed by atoms with Crippen LogP contribution < -0.4 is 16.0 Å². The van der Waals surface area contributed by atoms with Gasteiger partial charge in [0.15, 0.2) is 5.96 Å². The van der Waals surface area contributed by atoms with Gasteiger partial charge in [0.2, 0.25) is 0 Å². The number of nitrogens with zero attached hydrogens (tertiary/aromatic N) is 2. The van der Waals surface area contributed by atoms with E-state index >= 15 is 0 Å². The summed E-state index contributed by atoms with van der Waals surface area (Å²) in [5.74, 6) is 1.45. The fourth-order valence-corrected chi connectivity index (χ4v) is 4.75. The summed E-state index contributed by atoms with van der Waals surface area (Å²) in [6, 6.07) is 6.87. The van der Waals surface area contributed by atoms with Crippen LogP contribution in [0.1, 0.15) is 39.5 Å². The maximum Gasteiger partial charge on any atom is 0.292 e. The lowest BCUT2D eigenvalue weighted by Gasteiger charge is -2.30. The molecule has 1 saturated carbocycles. The summed E-state index contributed by atoms with van der Waals surface area (Å²) in [7, 11) is -0.752. The van der Waals surface area contributed by atoms with E-state index in [-0.39, 0.29) is 17.0 Å². The van der Waals surface area contributed by atoms with Crippen LogP contribution in [0.4, 0.5) is 11.4 Å². The highest BCUT2D eigenvalue weighted by atomic mass is 32.2. The van der Waals surface area contributed by atoms with E-state index in [1.807, 2.05) is 13.8 Å².